The number of carbonyl (C=O) groups is 1. The standard InChI is InChI=1S/C14H12N4OS/c1-9-10-4-2-3-5-11(10)17-13(9)14(19)18-16-8-12-15-6-7-20-12/h2-8,17H,1H3,(H,18,19)/b16-8+. The lowest BCUT2D eigenvalue weighted by Gasteiger charge is -1.97. The second-order valence-electron chi connectivity index (χ2n) is 4.24. The van der Waals surface area contributed by atoms with E-state index in [0.717, 1.165) is 21.5 Å². The number of hydrazone groups is 1. The molecule has 0 aliphatic rings. The van der Waals surface area contributed by atoms with Gasteiger partial charge in [0.05, 0.1) is 6.21 Å². The molecular formula is C14H12N4OS. The van der Waals surface area contributed by atoms with Gasteiger partial charge in [0.25, 0.3) is 5.91 Å². The summed E-state index contributed by atoms with van der Waals surface area (Å²) in [5, 5.41) is 7.55. The van der Waals surface area contributed by atoms with Gasteiger partial charge in [0.2, 0.25) is 0 Å². The third kappa shape index (κ3) is 2.33. The number of hydrogen-bond donors (Lipinski definition) is 2. The molecule has 0 atom stereocenters. The summed E-state index contributed by atoms with van der Waals surface area (Å²) in [5.41, 5.74) is 4.90. The average Bonchev–Trinajstić information content (AvgIpc) is 3.08. The summed E-state index contributed by atoms with van der Waals surface area (Å²) in [5.74, 6) is -0.258. The van der Waals surface area contributed by atoms with Crippen LogP contribution in [0, 0.1) is 6.92 Å². The number of nitrogens with zero attached hydrogens (tertiary/aromatic N) is 2. The number of fused-ring (bicyclic) bond motifs is 1. The zero-order valence-corrected chi connectivity index (χ0v) is 11.6. The minimum absolute atomic E-state index is 0.258. The van der Waals surface area contributed by atoms with Gasteiger partial charge in [-0.1, -0.05) is 18.2 Å². The van der Waals surface area contributed by atoms with E-state index < -0.39 is 0 Å². The van der Waals surface area contributed by atoms with Crippen LogP contribution in [0.5, 0.6) is 0 Å². The number of thiazole rings is 1. The van der Waals surface area contributed by atoms with Crippen molar-refractivity contribution in [3.63, 3.8) is 0 Å². The van der Waals surface area contributed by atoms with Gasteiger partial charge in [-0.25, -0.2) is 10.4 Å². The highest BCUT2D eigenvalue weighted by molar-refractivity contribution is 7.11. The fourth-order valence-electron chi connectivity index (χ4n) is 2.01. The lowest BCUT2D eigenvalue weighted by Crippen LogP contribution is -2.18. The Morgan fingerprint density at radius 3 is 3.05 bits per heavy atom. The number of para-hydroxylation sites is 1. The van der Waals surface area contributed by atoms with Gasteiger partial charge in [0, 0.05) is 22.5 Å². The van der Waals surface area contributed by atoms with Crippen molar-refractivity contribution in [3.05, 3.63) is 52.1 Å². The van der Waals surface area contributed by atoms with Gasteiger partial charge in [-0.05, 0) is 18.6 Å². The molecule has 6 heteroatoms. The number of aromatic nitrogens is 2. The predicted molar refractivity (Wildman–Crippen MR) is 80.2 cm³/mol. The molecule has 0 saturated heterocycles. The minimum Gasteiger partial charge on any atom is -0.350 e. The van der Waals surface area contributed by atoms with Gasteiger partial charge in [-0.2, -0.15) is 5.10 Å². The first kappa shape index (κ1) is 12.6. The van der Waals surface area contributed by atoms with Crippen molar-refractivity contribution in [3.8, 4) is 0 Å². The van der Waals surface area contributed by atoms with E-state index in [9.17, 15) is 4.79 Å². The minimum atomic E-state index is -0.258. The highest BCUT2D eigenvalue weighted by Crippen LogP contribution is 2.20. The molecule has 0 radical (unpaired) electrons. The van der Waals surface area contributed by atoms with Gasteiger partial charge in [0.15, 0.2) is 0 Å². The number of rotatable bonds is 3. The van der Waals surface area contributed by atoms with Crippen molar-refractivity contribution >= 4 is 34.4 Å². The molecule has 1 amide bonds. The molecule has 0 spiro atoms. The SMILES string of the molecule is Cc1c(C(=O)N/N=C/c2nccs2)[nH]c2ccccc12. The van der Waals surface area contributed by atoms with Gasteiger partial charge < -0.3 is 4.98 Å². The van der Waals surface area contributed by atoms with Crippen LogP contribution in [-0.4, -0.2) is 22.1 Å². The predicted octanol–water partition coefficient (Wildman–Crippen LogP) is 2.70. The van der Waals surface area contributed by atoms with Crippen molar-refractivity contribution in [2.75, 3.05) is 0 Å². The number of aromatic amines is 1. The third-order valence-corrected chi connectivity index (χ3v) is 3.70. The van der Waals surface area contributed by atoms with E-state index in [2.05, 4.69) is 20.5 Å². The maximum absolute atomic E-state index is 12.1. The summed E-state index contributed by atoms with van der Waals surface area (Å²) in [6.07, 6.45) is 3.22. The number of nitrogens with one attached hydrogen (secondary N) is 2. The number of amides is 1. The maximum atomic E-state index is 12.1. The summed E-state index contributed by atoms with van der Waals surface area (Å²) in [6, 6.07) is 7.81. The van der Waals surface area contributed by atoms with E-state index in [1.807, 2.05) is 36.6 Å². The third-order valence-electron chi connectivity index (χ3n) is 2.99. The van der Waals surface area contributed by atoms with Crippen LogP contribution in [-0.2, 0) is 0 Å². The van der Waals surface area contributed by atoms with Crippen molar-refractivity contribution in [1.29, 1.82) is 0 Å². The summed E-state index contributed by atoms with van der Waals surface area (Å²) in [4.78, 5) is 19.2. The van der Waals surface area contributed by atoms with Crippen LogP contribution >= 0.6 is 11.3 Å². The smallest absolute Gasteiger partial charge is 0.288 e. The molecule has 0 unspecified atom stereocenters. The molecule has 0 fully saturated rings. The lowest BCUT2D eigenvalue weighted by atomic mass is 10.1. The molecule has 5 nitrogen and oxygen atoms in total. The van der Waals surface area contributed by atoms with Crippen LogP contribution in [0.3, 0.4) is 0 Å². The van der Waals surface area contributed by atoms with E-state index >= 15 is 0 Å². The van der Waals surface area contributed by atoms with E-state index in [4.69, 9.17) is 0 Å². The van der Waals surface area contributed by atoms with Crippen molar-refractivity contribution in [2.45, 2.75) is 6.92 Å². The van der Waals surface area contributed by atoms with Crippen molar-refractivity contribution < 1.29 is 4.79 Å². The number of aryl methyl sites for hydroxylation is 1. The zero-order chi connectivity index (χ0) is 13.9. The van der Waals surface area contributed by atoms with E-state index in [0.29, 0.717) is 5.69 Å². The summed E-state index contributed by atoms with van der Waals surface area (Å²) in [7, 11) is 0. The molecule has 0 aliphatic heterocycles. The van der Waals surface area contributed by atoms with Crippen molar-refractivity contribution in [1.82, 2.24) is 15.4 Å². The molecule has 100 valence electrons. The first-order valence-corrected chi connectivity index (χ1v) is 6.94. The second kappa shape index (κ2) is 5.26. The highest BCUT2D eigenvalue weighted by atomic mass is 32.1. The summed E-state index contributed by atoms with van der Waals surface area (Å²) >= 11 is 1.46. The quantitative estimate of drug-likeness (QED) is 0.573. The average molecular weight is 284 g/mol. The summed E-state index contributed by atoms with van der Waals surface area (Å²) < 4.78 is 0. The monoisotopic (exact) mass is 284 g/mol. The maximum Gasteiger partial charge on any atom is 0.288 e. The van der Waals surface area contributed by atoms with Gasteiger partial charge in [-0.15, -0.1) is 11.3 Å². The number of benzene rings is 1. The van der Waals surface area contributed by atoms with Crippen LogP contribution in [0.1, 0.15) is 21.1 Å². The number of H-pyrrole nitrogens is 1. The molecule has 0 bridgehead atoms. The molecule has 2 N–H and O–H groups in total. The molecular weight excluding hydrogens is 272 g/mol. The first-order valence-electron chi connectivity index (χ1n) is 6.06. The van der Waals surface area contributed by atoms with Gasteiger partial charge in [-0.3, -0.25) is 4.79 Å². The number of hydrogen-bond acceptors (Lipinski definition) is 4. The molecule has 0 saturated carbocycles. The van der Waals surface area contributed by atoms with Crippen LogP contribution in [0.25, 0.3) is 10.9 Å². The van der Waals surface area contributed by atoms with Crippen LogP contribution < -0.4 is 5.43 Å². The zero-order valence-electron chi connectivity index (χ0n) is 10.8. The largest absolute Gasteiger partial charge is 0.350 e. The summed E-state index contributed by atoms with van der Waals surface area (Å²) in [6.45, 7) is 1.91. The van der Waals surface area contributed by atoms with Crippen LogP contribution in [0.4, 0.5) is 0 Å². The van der Waals surface area contributed by atoms with Gasteiger partial charge in [0.1, 0.15) is 10.7 Å². The Kier molecular flexibility index (Phi) is 3.30. The fourth-order valence-corrected chi connectivity index (χ4v) is 2.51. The Balaban J connectivity index is 1.80. The molecule has 2 aromatic heterocycles. The Bertz CT molecular complexity index is 774. The molecule has 1 aromatic carbocycles. The van der Waals surface area contributed by atoms with E-state index in [1.165, 1.54) is 17.6 Å². The Hall–Kier alpha value is -2.47. The van der Waals surface area contributed by atoms with E-state index in [-0.39, 0.29) is 5.91 Å². The first-order chi connectivity index (χ1) is 9.75. The van der Waals surface area contributed by atoms with Crippen molar-refractivity contribution in [2.24, 2.45) is 5.10 Å². The van der Waals surface area contributed by atoms with E-state index in [1.54, 1.807) is 6.20 Å². The molecule has 3 rings (SSSR count). The Labute approximate surface area is 119 Å². The molecule has 20 heavy (non-hydrogen) atoms. The highest BCUT2D eigenvalue weighted by Gasteiger charge is 2.13. The lowest BCUT2D eigenvalue weighted by molar-refractivity contribution is 0.0950. The normalized spacial score (nSPS) is 11.2. The van der Waals surface area contributed by atoms with Crippen LogP contribution in [0.2, 0.25) is 0 Å². The fraction of sp³-hybridized carbons (Fsp3) is 0.0714. The second-order valence-corrected chi connectivity index (χ2v) is 5.17. The topological polar surface area (TPSA) is 70.1 Å². The van der Waals surface area contributed by atoms with Crippen LogP contribution in [0.15, 0.2) is 40.9 Å². The number of carbonyl (C=O) groups excluding carboxylic acids is 1. The Morgan fingerprint density at radius 2 is 2.30 bits per heavy atom. The molecule has 3 aromatic rings. The van der Waals surface area contributed by atoms with Gasteiger partial charge >= 0.3 is 0 Å². The molecule has 2 heterocycles. The molecule has 0 aliphatic carbocycles. The Morgan fingerprint density at radius 1 is 1.45 bits per heavy atom.